The number of nitrogens with one attached hydrogen (secondary N) is 2. The molecule has 1 heterocycles. The molecule has 0 saturated heterocycles. The van der Waals surface area contributed by atoms with Crippen molar-refractivity contribution in [3.8, 4) is 5.88 Å². The summed E-state index contributed by atoms with van der Waals surface area (Å²) >= 11 is 0. The lowest BCUT2D eigenvalue weighted by atomic mass is 10.1. The summed E-state index contributed by atoms with van der Waals surface area (Å²) in [6, 6.07) is 1.07. The second-order valence-corrected chi connectivity index (χ2v) is 4.63. The molecule has 7 nitrogen and oxygen atoms in total. The zero-order valence-electron chi connectivity index (χ0n) is 13.2. The lowest BCUT2D eigenvalue weighted by Crippen LogP contribution is -2.30. The second-order valence-electron chi connectivity index (χ2n) is 4.63. The van der Waals surface area contributed by atoms with Gasteiger partial charge in [0.05, 0.1) is 12.7 Å². The summed E-state index contributed by atoms with van der Waals surface area (Å²) in [4.78, 5) is 15.8. The van der Waals surface area contributed by atoms with E-state index in [4.69, 9.17) is 16.2 Å². The van der Waals surface area contributed by atoms with Crippen LogP contribution >= 0.6 is 0 Å². The Kier molecular flexibility index (Phi) is 7.72. The molecular weight excluding hydrogens is 301 g/mol. The van der Waals surface area contributed by atoms with Gasteiger partial charge in [0.25, 0.3) is 5.91 Å². The van der Waals surface area contributed by atoms with Crippen LogP contribution in [0.4, 0.5) is 4.39 Å². The van der Waals surface area contributed by atoms with E-state index in [0.717, 1.165) is 11.6 Å². The number of methoxy groups -OCH3 is 1. The summed E-state index contributed by atoms with van der Waals surface area (Å²) < 4.78 is 18.3. The lowest BCUT2D eigenvalue weighted by Gasteiger charge is -2.11. The van der Waals surface area contributed by atoms with Crippen LogP contribution in [0.1, 0.15) is 10.4 Å². The maximum Gasteiger partial charge on any atom is 0.253 e. The molecule has 0 saturated carbocycles. The summed E-state index contributed by atoms with van der Waals surface area (Å²) in [5.41, 5.74) is 12.7. The number of likely N-dealkylation sites (N-methyl/N-ethyl adjacent to an activating group) is 1. The standard InChI is InChI=1S/C15H22FN5O2/c1-19-7-11(13(18)4-3-5-17)9-20-14(22)10-6-12(16)15(23-2)21-8-10/h3-4,6,8,19H,5,7,9,17-18H2,1-2H3,(H,20,22)/b4-3-,13-11+. The molecule has 1 rings (SSSR count). The molecule has 0 spiro atoms. The maximum atomic E-state index is 13.6. The van der Waals surface area contributed by atoms with E-state index in [1.807, 2.05) is 0 Å². The number of aromatic nitrogens is 1. The Balaban J connectivity index is 2.79. The molecule has 6 N–H and O–H groups in total. The van der Waals surface area contributed by atoms with Crippen LogP contribution in [0.5, 0.6) is 5.88 Å². The predicted octanol–water partition coefficient (Wildman–Crippen LogP) is -0.0938. The summed E-state index contributed by atoms with van der Waals surface area (Å²) in [6.07, 6.45) is 4.65. The van der Waals surface area contributed by atoms with E-state index in [2.05, 4.69) is 15.6 Å². The topological polar surface area (TPSA) is 115 Å². The molecule has 0 aliphatic carbocycles. The van der Waals surface area contributed by atoms with Crippen LogP contribution in [0.25, 0.3) is 0 Å². The number of pyridine rings is 1. The SMILES string of the molecule is CNC/C(CNC(=O)c1cnc(OC)c(F)c1)=C(N)/C=C\CN. The molecule has 126 valence electrons. The van der Waals surface area contributed by atoms with Gasteiger partial charge in [-0.25, -0.2) is 9.37 Å². The highest BCUT2D eigenvalue weighted by Crippen LogP contribution is 2.13. The Morgan fingerprint density at radius 1 is 1.48 bits per heavy atom. The number of amides is 1. The van der Waals surface area contributed by atoms with Crippen LogP contribution in [0.15, 0.2) is 35.7 Å². The number of ether oxygens (including phenoxy) is 1. The van der Waals surface area contributed by atoms with Gasteiger partial charge in [-0.05, 0) is 24.8 Å². The molecule has 0 bridgehead atoms. The third kappa shape index (κ3) is 5.68. The highest BCUT2D eigenvalue weighted by atomic mass is 19.1. The number of hydrogen-bond donors (Lipinski definition) is 4. The first-order valence-corrected chi connectivity index (χ1v) is 6.99. The van der Waals surface area contributed by atoms with Gasteiger partial charge in [-0.3, -0.25) is 4.79 Å². The van der Waals surface area contributed by atoms with E-state index in [0.29, 0.717) is 18.8 Å². The van der Waals surface area contributed by atoms with Crippen molar-refractivity contribution in [2.75, 3.05) is 33.8 Å². The van der Waals surface area contributed by atoms with Crippen LogP contribution in [0.3, 0.4) is 0 Å². The van der Waals surface area contributed by atoms with E-state index in [1.54, 1.807) is 19.2 Å². The Labute approximate surface area is 134 Å². The molecule has 0 radical (unpaired) electrons. The fraction of sp³-hybridized carbons (Fsp3) is 0.333. The Hall–Kier alpha value is -2.45. The minimum atomic E-state index is -0.698. The van der Waals surface area contributed by atoms with E-state index >= 15 is 0 Å². The molecule has 0 aromatic carbocycles. The molecule has 1 amide bonds. The monoisotopic (exact) mass is 323 g/mol. The highest BCUT2D eigenvalue weighted by Gasteiger charge is 2.12. The van der Waals surface area contributed by atoms with Crippen molar-refractivity contribution in [3.05, 3.63) is 47.1 Å². The Morgan fingerprint density at radius 2 is 2.22 bits per heavy atom. The number of carbonyl (C=O) groups excluding carboxylic acids is 1. The van der Waals surface area contributed by atoms with E-state index in [9.17, 15) is 9.18 Å². The van der Waals surface area contributed by atoms with Gasteiger partial charge >= 0.3 is 0 Å². The molecule has 0 fully saturated rings. The van der Waals surface area contributed by atoms with Crippen LogP contribution in [-0.4, -0.2) is 44.7 Å². The van der Waals surface area contributed by atoms with Gasteiger partial charge in [0.2, 0.25) is 5.88 Å². The van der Waals surface area contributed by atoms with Crippen molar-refractivity contribution in [3.63, 3.8) is 0 Å². The Bertz CT molecular complexity index is 602. The van der Waals surface area contributed by atoms with Gasteiger partial charge in [-0.15, -0.1) is 0 Å². The van der Waals surface area contributed by atoms with E-state index in [-0.39, 0.29) is 18.0 Å². The fourth-order valence-corrected chi connectivity index (χ4v) is 1.78. The zero-order valence-corrected chi connectivity index (χ0v) is 13.2. The molecule has 0 aliphatic heterocycles. The summed E-state index contributed by atoms with van der Waals surface area (Å²) in [6.45, 7) is 1.08. The van der Waals surface area contributed by atoms with Crippen molar-refractivity contribution >= 4 is 5.91 Å². The van der Waals surface area contributed by atoms with E-state index in [1.165, 1.54) is 13.3 Å². The van der Waals surface area contributed by atoms with Crippen molar-refractivity contribution in [1.82, 2.24) is 15.6 Å². The normalized spacial score (nSPS) is 12.2. The molecule has 1 aromatic rings. The number of nitrogens with zero attached hydrogens (tertiary/aromatic N) is 1. The molecule has 23 heavy (non-hydrogen) atoms. The minimum Gasteiger partial charge on any atom is -0.479 e. The summed E-state index contributed by atoms with van der Waals surface area (Å²) in [5, 5.41) is 5.65. The van der Waals surface area contributed by atoms with Crippen LogP contribution < -0.4 is 26.8 Å². The maximum absolute atomic E-state index is 13.6. The lowest BCUT2D eigenvalue weighted by molar-refractivity contribution is 0.0956. The Morgan fingerprint density at radius 3 is 2.78 bits per heavy atom. The average Bonchev–Trinajstić information content (AvgIpc) is 2.55. The quantitative estimate of drug-likeness (QED) is 0.497. The van der Waals surface area contributed by atoms with Crippen molar-refractivity contribution in [2.24, 2.45) is 11.5 Å². The van der Waals surface area contributed by atoms with E-state index < -0.39 is 11.7 Å². The highest BCUT2D eigenvalue weighted by molar-refractivity contribution is 5.94. The van der Waals surface area contributed by atoms with Gasteiger partial charge in [-0.2, -0.15) is 0 Å². The number of hydrogen-bond acceptors (Lipinski definition) is 6. The fourth-order valence-electron chi connectivity index (χ4n) is 1.78. The van der Waals surface area contributed by atoms with Crippen LogP contribution in [-0.2, 0) is 0 Å². The van der Waals surface area contributed by atoms with Gasteiger partial charge in [-0.1, -0.05) is 6.08 Å². The third-order valence-electron chi connectivity index (χ3n) is 2.96. The number of nitrogens with two attached hydrogens (primary N) is 2. The number of halogens is 1. The van der Waals surface area contributed by atoms with Crippen LogP contribution in [0.2, 0.25) is 0 Å². The number of allylic oxidation sites excluding steroid dienone is 1. The van der Waals surface area contributed by atoms with Gasteiger partial charge in [0.15, 0.2) is 5.82 Å². The summed E-state index contributed by atoms with van der Waals surface area (Å²) in [5.74, 6) is -1.31. The molecule has 0 unspecified atom stereocenters. The summed E-state index contributed by atoms with van der Waals surface area (Å²) in [7, 11) is 3.07. The smallest absolute Gasteiger partial charge is 0.253 e. The molecule has 0 atom stereocenters. The molecule has 8 heteroatoms. The minimum absolute atomic E-state index is 0.100. The van der Waals surface area contributed by atoms with Gasteiger partial charge in [0.1, 0.15) is 0 Å². The largest absolute Gasteiger partial charge is 0.479 e. The van der Waals surface area contributed by atoms with Crippen molar-refractivity contribution in [1.29, 1.82) is 0 Å². The number of carbonyl (C=O) groups is 1. The van der Waals surface area contributed by atoms with Crippen LogP contribution in [0, 0.1) is 5.82 Å². The van der Waals surface area contributed by atoms with Gasteiger partial charge < -0.3 is 26.8 Å². The van der Waals surface area contributed by atoms with Crippen molar-refractivity contribution < 1.29 is 13.9 Å². The van der Waals surface area contributed by atoms with Crippen molar-refractivity contribution in [2.45, 2.75) is 0 Å². The molecule has 0 aliphatic rings. The number of rotatable bonds is 8. The first kappa shape index (κ1) is 18.6. The first-order chi connectivity index (χ1) is 11.0. The predicted molar refractivity (Wildman–Crippen MR) is 86.4 cm³/mol. The first-order valence-electron chi connectivity index (χ1n) is 6.99. The molecular formula is C15H22FN5O2. The van der Waals surface area contributed by atoms with Gasteiger partial charge in [0, 0.05) is 31.5 Å². The second kappa shape index (κ2) is 9.54. The average molecular weight is 323 g/mol. The molecule has 1 aromatic heterocycles. The zero-order chi connectivity index (χ0) is 17.2. The third-order valence-corrected chi connectivity index (χ3v) is 2.96.